The highest BCUT2D eigenvalue weighted by Crippen LogP contribution is 2.49. The molecule has 50 heavy (non-hydrogen) atoms. The smallest absolute Gasteiger partial charge is 0.319 e. The number of phenolic OH excluding ortho intramolecular Hbond substituents is 1. The van der Waals surface area contributed by atoms with Gasteiger partial charge in [0, 0.05) is 91.1 Å². The summed E-state index contributed by atoms with van der Waals surface area (Å²) in [5, 5.41) is 15.6. The number of carbonyl (C=O) groups excluding carboxylic acids is 1. The van der Waals surface area contributed by atoms with E-state index in [-0.39, 0.29) is 57.2 Å². The number of fused-ring (bicyclic) bond motifs is 6. The topological polar surface area (TPSA) is 94.1 Å². The predicted molar refractivity (Wildman–Crippen MR) is 187 cm³/mol. The van der Waals surface area contributed by atoms with Gasteiger partial charge in [0.25, 0.3) is 0 Å². The second-order valence-electron chi connectivity index (χ2n) is 15.1. The van der Waals surface area contributed by atoms with Crippen molar-refractivity contribution >= 4 is 33.4 Å². The number of aromatic hydroxyl groups is 1. The monoisotopic (exact) mass is 678 g/mol. The number of nitrogens with one attached hydrogen (secondary N) is 1. The second kappa shape index (κ2) is 11.8. The van der Waals surface area contributed by atoms with Gasteiger partial charge in [-0.2, -0.15) is 9.97 Å². The quantitative estimate of drug-likeness (QED) is 0.258. The molecule has 258 valence electrons. The van der Waals surface area contributed by atoms with Gasteiger partial charge in [-0.1, -0.05) is 18.1 Å². The van der Waals surface area contributed by atoms with E-state index in [2.05, 4.69) is 26.0 Å². The molecule has 9 nitrogen and oxygen atoms in total. The number of aromatic nitrogens is 2. The molecule has 2 N–H and O–H groups in total. The fourth-order valence-corrected chi connectivity index (χ4v) is 9.05. The number of benzene rings is 3. The zero-order chi connectivity index (χ0) is 34.3. The van der Waals surface area contributed by atoms with Crippen LogP contribution in [0.5, 0.6) is 11.8 Å². The summed E-state index contributed by atoms with van der Waals surface area (Å²) in [5.41, 5.74) is 0.210. The summed E-state index contributed by atoms with van der Waals surface area (Å²) >= 11 is 0. The van der Waals surface area contributed by atoms with Crippen LogP contribution in [-0.4, -0.2) is 94.3 Å². The van der Waals surface area contributed by atoms with E-state index in [1.54, 1.807) is 25.1 Å². The van der Waals surface area contributed by atoms with Gasteiger partial charge in [0.1, 0.15) is 22.9 Å². The molecule has 4 aromatic rings. The number of halogens is 2. The molecule has 4 aliphatic heterocycles. The van der Waals surface area contributed by atoms with Gasteiger partial charge in [-0.05, 0) is 68.2 Å². The predicted octanol–water partition coefficient (Wildman–Crippen LogP) is 5.21. The maximum atomic E-state index is 17.0. The lowest BCUT2D eigenvalue weighted by molar-refractivity contribution is -0.132. The fourth-order valence-electron chi connectivity index (χ4n) is 9.05. The van der Waals surface area contributed by atoms with E-state index >= 15 is 8.78 Å². The molecule has 3 aromatic carbocycles. The van der Waals surface area contributed by atoms with Crippen molar-refractivity contribution in [2.24, 2.45) is 5.41 Å². The third kappa shape index (κ3) is 5.31. The molecule has 1 aromatic heterocycles. The van der Waals surface area contributed by atoms with Crippen molar-refractivity contribution in [1.82, 2.24) is 25.1 Å². The number of carbonyl (C=O) groups is 1. The second-order valence-corrected chi connectivity index (χ2v) is 15.1. The lowest BCUT2D eigenvalue weighted by atomic mass is 9.93. The van der Waals surface area contributed by atoms with E-state index in [9.17, 15) is 9.90 Å². The molecule has 1 aliphatic carbocycles. The first-order valence-electron chi connectivity index (χ1n) is 17.8. The molecule has 5 aliphatic rings. The number of likely N-dealkylation sites (tertiary alicyclic amines) is 1. The third-order valence-corrected chi connectivity index (χ3v) is 11.8. The molecule has 4 bridgehead atoms. The molecular formula is C39H40F2N6O3. The van der Waals surface area contributed by atoms with Crippen LogP contribution in [0.1, 0.15) is 51.0 Å². The van der Waals surface area contributed by atoms with Crippen LogP contribution >= 0.6 is 0 Å². The van der Waals surface area contributed by atoms with Crippen LogP contribution in [0.15, 0.2) is 36.4 Å². The highest BCUT2D eigenvalue weighted by Gasteiger charge is 2.50. The van der Waals surface area contributed by atoms with Gasteiger partial charge in [0.05, 0.1) is 12.2 Å². The minimum atomic E-state index is -0.855. The van der Waals surface area contributed by atoms with Gasteiger partial charge in [-0.25, -0.2) is 8.78 Å². The number of amides is 1. The van der Waals surface area contributed by atoms with E-state index in [1.807, 2.05) is 4.90 Å². The van der Waals surface area contributed by atoms with Gasteiger partial charge in [0.15, 0.2) is 5.82 Å². The number of anilines is 1. The Morgan fingerprint density at radius 1 is 1.06 bits per heavy atom. The van der Waals surface area contributed by atoms with Crippen molar-refractivity contribution in [3.05, 3.63) is 53.6 Å². The first kappa shape index (κ1) is 31.5. The molecule has 5 heterocycles. The number of phenols is 1. The number of hydrogen-bond donors (Lipinski definition) is 2. The maximum Gasteiger partial charge on any atom is 0.319 e. The lowest BCUT2D eigenvalue weighted by Gasteiger charge is -2.42. The molecule has 1 amide bonds. The normalized spacial score (nSPS) is 25.3. The summed E-state index contributed by atoms with van der Waals surface area (Å²) in [7, 11) is 0. The number of rotatable bonds is 7. The van der Waals surface area contributed by atoms with Crippen LogP contribution in [0.2, 0.25) is 0 Å². The third-order valence-electron chi connectivity index (χ3n) is 11.8. The highest BCUT2D eigenvalue weighted by atomic mass is 19.1. The summed E-state index contributed by atoms with van der Waals surface area (Å²) in [5.74, 6) is 1.45. The average Bonchev–Trinajstić information content (AvgIpc) is 3.74. The molecule has 4 atom stereocenters. The first-order valence-corrected chi connectivity index (χ1v) is 17.8. The van der Waals surface area contributed by atoms with Crippen molar-refractivity contribution in [3.63, 3.8) is 0 Å². The van der Waals surface area contributed by atoms with Crippen molar-refractivity contribution in [2.75, 3.05) is 44.2 Å². The van der Waals surface area contributed by atoms with Gasteiger partial charge in [-0.3, -0.25) is 9.69 Å². The van der Waals surface area contributed by atoms with Gasteiger partial charge in [0.2, 0.25) is 5.91 Å². The Morgan fingerprint density at radius 3 is 2.48 bits per heavy atom. The Labute approximate surface area is 289 Å². The Bertz CT molecular complexity index is 2070. The van der Waals surface area contributed by atoms with Crippen molar-refractivity contribution in [1.29, 1.82) is 0 Å². The average molecular weight is 679 g/mol. The molecule has 5 fully saturated rings. The van der Waals surface area contributed by atoms with E-state index in [0.29, 0.717) is 53.9 Å². The zero-order valence-corrected chi connectivity index (χ0v) is 28.1. The number of ether oxygens (including phenoxy) is 1. The van der Waals surface area contributed by atoms with E-state index < -0.39 is 11.6 Å². The Morgan fingerprint density at radius 2 is 1.80 bits per heavy atom. The number of terminal acetylenes is 1. The van der Waals surface area contributed by atoms with Crippen molar-refractivity contribution in [2.45, 2.75) is 69.6 Å². The van der Waals surface area contributed by atoms with Crippen LogP contribution < -0.4 is 15.0 Å². The summed E-state index contributed by atoms with van der Waals surface area (Å²) in [6, 6.07) is 10.7. The van der Waals surface area contributed by atoms with E-state index in [4.69, 9.17) is 16.1 Å². The number of piperazine rings is 2. The largest absolute Gasteiger partial charge is 0.508 e. The Hall–Kier alpha value is -4.53. The molecule has 9 rings (SSSR count). The van der Waals surface area contributed by atoms with E-state index in [0.717, 1.165) is 58.2 Å². The zero-order valence-electron chi connectivity index (χ0n) is 28.1. The maximum absolute atomic E-state index is 17.0. The van der Waals surface area contributed by atoms with Gasteiger partial charge < -0.3 is 25.0 Å². The lowest BCUT2D eigenvalue weighted by Crippen LogP contribution is -2.56. The number of nitrogens with zero attached hydrogens (tertiary/aromatic N) is 5. The van der Waals surface area contributed by atoms with Gasteiger partial charge >= 0.3 is 6.01 Å². The van der Waals surface area contributed by atoms with Gasteiger partial charge in [-0.15, -0.1) is 6.42 Å². The minimum absolute atomic E-state index is 0.0368. The summed E-state index contributed by atoms with van der Waals surface area (Å²) in [6.45, 7) is 5.76. The fraction of sp³-hybridized carbons (Fsp3) is 0.462. The van der Waals surface area contributed by atoms with Crippen molar-refractivity contribution in [3.8, 4) is 35.2 Å². The van der Waals surface area contributed by atoms with Crippen LogP contribution in [0.4, 0.5) is 14.6 Å². The van der Waals surface area contributed by atoms with Crippen LogP contribution in [0.3, 0.4) is 0 Å². The summed E-state index contributed by atoms with van der Waals surface area (Å²) in [4.78, 5) is 28.2. The van der Waals surface area contributed by atoms with E-state index in [1.165, 1.54) is 18.2 Å². The number of hydrogen-bond acceptors (Lipinski definition) is 8. The molecular weight excluding hydrogens is 638 g/mol. The first-order chi connectivity index (χ1) is 24.2. The summed E-state index contributed by atoms with van der Waals surface area (Å²) < 4.78 is 39.7. The highest BCUT2D eigenvalue weighted by molar-refractivity contribution is 6.04. The summed E-state index contributed by atoms with van der Waals surface area (Å²) in [6.07, 6.45) is 12.1. The van der Waals surface area contributed by atoms with Crippen LogP contribution in [0, 0.1) is 29.4 Å². The molecule has 4 unspecified atom stereocenters. The molecule has 0 spiro atoms. The van der Waals surface area contributed by atoms with Crippen LogP contribution in [-0.2, 0) is 4.79 Å². The van der Waals surface area contributed by atoms with Crippen molar-refractivity contribution < 1.29 is 23.4 Å². The standard InChI is InChI=1S/C39H40F2N6O3/c1-3-23-5-4-6-24-13-29(49)14-30(33(23)24)34-32(40)15-31-36(35(34)41)43-38(44-37(31)46-16-25-7-8-26(17-46)42-25)50-21-39(11-12-39)20-47-27-9-10-28(47)19-45(18-27)22(2)48/h1,4-6,13-15,25-28,42,49H,7-12,16-21H2,2H3. The Balaban J connectivity index is 1.10. The Kier molecular flexibility index (Phi) is 7.41. The van der Waals surface area contributed by atoms with Crippen LogP contribution in [0.25, 0.3) is 32.8 Å². The molecule has 0 radical (unpaired) electrons. The molecule has 11 heteroatoms. The SMILES string of the molecule is C#Cc1cccc2cc(O)cc(-c3c(F)cc4c(N5CC6CCC(C5)N6)nc(OCC5(CN6C7CCC6CN(C(C)=O)C7)CC5)nc4c3F)c12. The minimum Gasteiger partial charge on any atom is -0.508 e. The molecule has 4 saturated heterocycles. The molecule has 1 saturated carbocycles.